The molecule has 1 rings (SSSR count). The Morgan fingerprint density at radius 1 is 1.54 bits per heavy atom. The number of carbonyl (C=O) groups is 1. The highest BCUT2D eigenvalue weighted by atomic mass is 16.1. The Labute approximate surface area is 79.0 Å². The zero-order valence-electron chi connectivity index (χ0n) is 8.37. The van der Waals surface area contributed by atoms with Crippen molar-refractivity contribution < 1.29 is 4.79 Å². The Hall–Kier alpha value is -1.18. The van der Waals surface area contributed by atoms with E-state index in [0.717, 1.165) is 17.7 Å². The molecule has 0 saturated carbocycles. The van der Waals surface area contributed by atoms with Crippen molar-refractivity contribution >= 4 is 5.78 Å². The van der Waals surface area contributed by atoms with Gasteiger partial charge in [-0.15, -0.1) is 0 Å². The van der Waals surface area contributed by atoms with Crippen molar-refractivity contribution in [3.63, 3.8) is 0 Å². The molecule has 0 amide bonds. The molecule has 0 fully saturated rings. The average Bonchev–Trinajstić information content (AvgIpc) is 2.17. The van der Waals surface area contributed by atoms with Crippen LogP contribution in [0.25, 0.3) is 0 Å². The van der Waals surface area contributed by atoms with E-state index >= 15 is 0 Å². The maximum atomic E-state index is 11.6. The molecular weight excluding hydrogens is 162 g/mol. The molecule has 0 aliphatic carbocycles. The minimum Gasteiger partial charge on any atom is -0.294 e. The number of Topliss-reactive ketones (excluding diaryl/α,β-unsaturated/α-hetero) is 1. The molecule has 2 heteroatoms. The zero-order chi connectivity index (χ0) is 9.84. The largest absolute Gasteiger partial charge is 0.294 e. The highest BCUT2D eigenvalue weighted by molar-refractivity contribution is 5.97. The maximum absolute atomic E-state index is 11.6. The Kier molecular flexibility index (Phi) is 3.18. The fraction of sp³-hybridized carbons (Fsp3) is 0.455. The quantitative estimate of drug-likeness (QED) is 0.664. The predicted molar refractivity (Wildman–Crippen MR) is 52.8 cm³/mol. The van der Waals surface area contributed by atoms with Crippen LogP contribution in [0.1, 0.15) is 36.3 Å². The summed E-state index contributed by atoms with van der Waals surface area (Å²) in [5.41, 5.74) is 1.67. The minimum atomic E-state index is 0.101. The van der Waals surface area contributed by atoms with Crippen molar-refractivity contribution in [1.82, 2.24) is 4.98 Å². The lowest BCUT2D eigenvalue weighted by molar-refractivity contribution is 0.0927. The van der Waals surface area contributed by atoms with Gasteiger partial charge in [-0.1, -0.05) is 13.8 Å². The number of hydrogen-bond acceptors (Lipinski definition) is 2. The van der Waals surface area contributed by atoms with Crippen LogP contribution >= 0.6 is 0 Å². The highest BCUT2D eigenvalue weighted by Crippen LogP contribution is 2.10. The molecule has 1 aromatic rings. The lowest BCUT2D eigenvalue weighted by Crippen LogP contribution is -2.10. The van der Waals surface area contributed by atoms with Gasteiger partial charge in [-0.2, -0.15) is 0 Å². The molecule has 0 saturated heterocycles. The van der Waals surface area contributed by atoms with Crippen LogP contribution in [0.15, 0.2) is 18.3 Å². The van der Waals surface area contributed by atoms with Crippen molar-refractivity contribution in [2.75, 3.05) is 0 Å². The molecule has 0 aliphatic heterocycles. The molecule has 1 heterocycles. The Morgan fingerprint density at radius 3 is 2.69 bits per heavy atom. The van der Waals surface area contributed by atoms with Crippen LogP contribution < -0.4 is 0 Å². The number of aromatic nitrogens is 1. The third kappa shape index (κ3) is 2.38. The monoisotopic (exact) mass is 177 g/mol. The van der Waals surface area contributed by atoms with E-state index in [0.29, 0.717) is 0 Å². The molecule has 0 bridgehead atoms. The lowest BCUT2D eigenvalue weighted by atomic mass is 9.98. The van der Waals surface area contributed by atoms with Crippen LogP contribution in [0.4, 0.5) is 0 Å². The fourth-order valence-electron chi connectivity index (χ4n) is 1.08. The van der Waals surface area contributed by atoms with Crippen LogP contribution in [-0.4, -0.2) is 10.8 Å². The summed E-state index contributed by atoms with van der Waals surface area (Å²) in [6.07, 6.45) is 2.54. The molecule has 0 radical (unpaired) electrons. The molecule has 0 aromatic carbocycles. The van der Waals surface area contributed by atoms with Gasteiger partial charge in [-0.3, -0.25) is 9.78 Å². The Morgan fingerprint density at radius 2 is 2.23 bits per heavy atom. The van der Waals surface area contributed by atoms with Crippen molar-refractivity contribution in [2.24, 2.45) is 5.92 Å². The van der Waals surface area contributed by atoms with Crippen molar-refractivity contribution in [1.29, 1.82) is 0 Å². The second-order valence-electron chi connectivity index (χ2n) is 3.36. The molecule has 0 N–H and O–H groups in total. The van der Waals surface area contributed by atoms with Crippen LogP contribution in [0.5, 0.6) is 0 Å². The van der Waals surface area contributed by atoms with Gasteiger partial charge in [0.2, 0.25) is 0 Å². The predicted octanol–water partition coefficient (Wildman–Crippen LogP) is 2.62. The van der Waals surface area contributed by atoms with E-state index in [9.17, 15) is 4.79 Å². The molecule has 0 spiro atoms. The molecular formula is C11H15NO. The molecule has 1 aromatic heterocycles. The van der Waals surface area contributed by atoms with Gasteiger partial charge >= 0.3 is 0 Å². The van der Waals surface area contributed by atoms with E-state index in [1.165, 1.54) is 0 Å². The molecule has 0 aliphatic rings. The smallest absolute Gasteiger partial charge is 0.167 e. The number of aryl methyl sites for hydroxylation is 1. The van der Waals surface area contributed by atoms with E-state index in [4.69, 9.17) is 0 Å². The summed E-state index contributed by atoms with van der Waals surface area (Å²) in [5.74, 6) is 0.291. The first-order chi connectivity index (χ1) is 6.15. The van der Waals surface area contributed by atoms with E-state index in [2.05, 4.69) is 4.98 Å². The van der Waals surface area contributed by atoms with Gasteiger partial charge in [0, 0.05) is 23.4 Å². The zero-order valence-corrected chi connectivity index (χ0v) is 8.37. The summed E-state index contributed by atoms with van der Waals surface area (Å²) in [4.78, 5) is 15.7. The summed E-state index contributed by atoms with van der Waals surface area (Å²) in [5, 5.41) is 0. The number of nitrogens with zero attached hydrogens (tertiary/aromatic N) is 1. The van der Waals surface area contributed by atoms with Crippen LogP contribution in [-0.2, 0) is 0 Å². The number of carbonyl (C=O) groups excluding carboxylic acids is 1. The van der Waals surface area contributed by atoms with Crippen LogP contribution in [0.2, 0.25) is 0 Å². The van der Waals surface area contributed by atoms with Gasteiger partial charge in [0.15, 0.2) is 5.78 Å². The average molecular weight is 177 g/mol. The number of hydrogen-bond donors (Lipinski definition) is 0. The first kappa shape index (κ1) is 9.90. The number of ketones is 1. The third-order valence-electron chi connectivity index (χ3n) is 2.26. The summed E-state index contributed by atoms with van der Waals surface area (Å²) >= 11 is 0. The van der Waals surface area contributed by atoms with Gasteiger partial charge in [-0.25, -0.2) is 0 Å². The topological polar surface area (TPSA) is 30.0 Å². The van der Waals surface area contributed by atoms with Crippen LogP contribution in [0, 0.1) is 12.8 Å². The van der Waals surface area contributed by atoms with Gasteiger partial charge in [0.25, 0.3) is 0 Å². The summed E-state index contributed by atoms with van der Waals surface area (Å²) in [6.45, 7) is 5.88. The van der Waals surface area contributed by atoms with E-state index in [1.54, 1.807) is 6.20 Å². The first-order valence-corrected chi connectivity index (χ1v) is 4.62. The van der Waals surface area contributed by atoms with Crippen LogP contribution in [0.3, 0.4) is 0 Å². The fourth-order valence-corrected chi connectivity index (χ4v) is 1.08. The van der Waals surface area contributed by atoms with Crippen molar-refractivity contribution in [2.45, 2.75) is 27.2 Å². The first-order valence-electron chi connectivity index (χ1n) is 4.62. The summed E-state index contributed by atoms with van der Waals surface area (Å²) < 4.78 is 0. The van der Waals surface area contributed by atoms with Gasteiger partial charge in [-0.05, 0) is 25.5 Å². The highest BCUT2D eigenvalue weighted by Gasteiger charge is 2.12. The molecule has 2 nitrogen and oxygen atoms in total. The van der Waals surface area contributed by atoms with Crippen molar-refractivity contribution in [3.05, 3.63) is 29.6 Å². The second kappa shape index (κ2) is 4.17. The summed E-state index contributed by atoms with van der Waals surface area (Å²) in [6, 6.07) is 3.71. The maximum Gasteiger partial charge on any atom is 0.167 e. The Bertz CT molecular complexity index is 289. The molecule has 13 heavy (non-hydrogen) atoms. The standard InChI is InChI=1S/C11H15NO/c1-4-8(2)11(13)10-6-5-9(3)12-7-10/h5-8H,4H2,1-3H3. The van der Waals surface area contributed by atoms with Crippen molar-refractivity contribution in [3.8, 4) is 0 Å². The van der Waals surface area contributed by atoms with E-state index in [1.807, 2.05) is 32.9 Å². The SMILES string of the molecule is CCC(C)C(=O)c1ccc(C)nc1. The number of pyridine rings is 1. The molecule has 1 unspecified atom stereocenters. The van der Waals surface area contributed by atoms with E-state index in [-0.39, 0.29) is 11.7 Å². The van der Waals surface area contributed by atoms with Gasteiger partial charge in [0.05, 0.1) is 0 Å². The lowest BCUT2D eigenvalue weighted by Gasteiger charge is -2.06. The van der Waals surface area contributed by atoms with Gasteiger partial charge < -0.3 is 0 Å². The molecule has 1 atom stereocenters. The minimum absolute atomic E-state index is 0.101. The normalized spacial score (nSPS) is 12.5. The second-order valence-corrected chi connectivity index (χ2v) is 3.36. The number of rotatable bonds is 3. The summed E-state index contributed by atoms with van der Waals surface area (Å²) in [7, 11) is 0. The van der Waals surface area contributed by atoms with E-state index < -0.39 is 0 Å². The Balaban J connectivity index is 2.83. The van der Waals surface area contributed by atoms with Gasteiger partial charge in [0.1, 0.15) is 0 Å². The third-order valence-corrected chi connectivity index (χ3v) is 2.26. The molecule has 70 valence electrons.